The first kappa shape index (κ1) is 23.2. The zero-order chi connectivity index (χ0) is 23.4. The number of halogens is 3. The van der Waals surface area contributed by atoms with Gasteiger partial charge < -0.3 is 15.3 Å². The topological polar surface area (TPSA) is 99.6 Å². The maximum Gasteiger partial charge on any atom is 0.490 e. The Kier molecular flexibility index (Phi) is 6.81. The van der Waals surface area contributed by atoms with E-state index in [1.165, 1.54) is 5.56 Å². The summed E-state index contributed by atoms with van der Waals surface area (Å²) in [6.07, 6.45) is -0.425. The smallest absolute Gasteiger partial charge is 0.475 e. The Morgan fingerprint density at radius 3 is 2.25 bits per heavy atom. The quantitative estimate of drug-likeness (QED) is 0.735. The van der Waals surface area contributed by atoms with E-state index in [4.69, 9.17) is 9.90 Å². The van der Waals surface area contributed by atoms with E-state index in [-0.39, 0.29) is 17.7 Å². The fourth-order valence-electron chi connectivity index (χ4n) is 4.20. The standard InChI is InChI=1S/C20H21N3O2.C2HF3O2/c24-18(16-7-4-10-21-13-16)23-11-8-20(9-12-23)17(14-22-19(20)25)15-5-2-1-3-6-15;3-2(4,5)1(6)7/h1-7,10,13,17H,8-9,11-12,14H2,(H,22,25);(H,6,7). The first-order valence-corrected chi connectivity index (χ1v) is 9.98. The first-order chi connectivity index (χ1) is 15.1. The monoisotopic (exact) mass is 449 g/mol. The Balaban J connectivity index is 0.000000360. The van der Waals surface area contributed by atoms with Crippen molar-refractivity contribution in [3.63, 3.8) is 0 Å². The van der Waals surface area contributed by atoms with E-state index >= 15 is 0 Å². The van der Waals surface area contributed by atoms with Crippen molar-refractivity contribution < 1.29 is 32.7 Å². The van der Waals surface area contributed by atoms with Gasteiger partial charge in [0.05, 0.1) is 11.0 Å². The lowest BCUT2D eigenvalue weighted by Gasteiger charge is -2.41. The van der Waals surface area contributed by atoms with Gasteiger partial charge in [-0.1, -0.05) is 30.3 Å². The normalized spacial score (nSPS) is 19.7. The van der Waals surface area contributed by atoms with Crippen LogP contribution in [0, 0.1) is 5.41 Å². The molecule has 1 aromatic carbocycles. The van der Waals surface area contributed by atoms with E-state index in [1.807, 2.05) is 23.1 Å². The molecule has 32 heavy (non-hydrogen) atoms. The van der Waals surface area contributed by atoms with E-state index in [0.29, 0.717) is 38.0 Å². The molecule has 3 heterocycles. The van der Waals surface area contributed by atoms with Crippen molar-refractivity contribution in [3.8, 4) is 0 Å². The molecule has 2 aromatic rings. The number of carbonyl (C=O) groups excluding carboxylic acids is 2. The molecule has 1 unspecified atom stereocenters. The second-order valence-electron chi connectivity index (χ2n) is 7.67. The zero-order valence-electron chi connectivity index (χ0n) is 17.0. The van der Waals surface area contributed by atoms with Crippen molar-refractivity contribution in [3.05, 3.63) is 66.0 Å². The molecule has 2 N–H and O–H groups in total. The van der Waals surface area contributed by atoms with Gasteiger partial charge in [-0.2, -0.15) is 13.2 Å². The predicted molar refractivity (Wildman–Crippen MR) is 108 cm³/mol. The van der Waals surface area contributed by atoms with Crippen LogP contribution in [0.5, 0.6) is 0 Å². The molecule has 0 saturated carbocycles. The average molecular weight is 449 g/mol. The van der Waals surface area contributed by atoms with Crippen molar-refractivity contribution in [2.24, 2.45) is 5.41 Å². The highest BCUT2D eigenvalue weighted by atomic mass is 19.4. The number of aromatic nitrogens is 1. The van der Waals surface area contributed by atoms with Crippen LogP contribution in [0.15, 0.2) is 54.9 Å². The van der Waals surface area contributed by atoms with Crippen molar-refractivity contribution in [2.75, 3.05) is 19.6 Å². The minimum absolute atomic E-state index is 0.00221. The lowest BCUT2D eigenvalue weighted by atomic mass is 9.68. The van der Waals surface area contributed by atoms with Gasteiger partial charge in [-0.15, -0.1) is 0 Å². The SMILES string of the molecule is O=C(O)C(F)(F)F.O=C(c1cccnc1)N1CCC2(CC1)C(=O)NCC2c1ccccc1. The first-order valence-electron chi connectivity index (χ1n) is 9.98. The number of likely N-dealkylation sites (tertiary alicyclic amines) is 1. The molecule has 2 fully saturated rings. The molecule has 2 saturated heterocycles. The van der Waals surface area contributed by atoms with Crippen LogP contribution in [-0.4, -0.2) is 58.6 Å². The van der Waals surface area contributed by atoms with Crippen molar-refractivity contribution in [1.29, 1.82) is 0 Å². The summed E-state index contributed by atoms with van der Waals surface area (Å²) in [7, 11) is 0. The number of carboxylic acids is 1. The third kappa shape index (κ3) is 4.90. The fraction of sp³-hybridized carbons (Fsp3) is 0.364. The van der Waals surface area contributed by atoms with Gasteiger partial charge in [-0.05, 0) is 30.5 Å². The number of amides is 2. The summed E-state index contributed by atoms with van der Waals surface area (Å²) < 4.78 is 31.7. The summed E-state index contributed by atoms with van der Waals surface area (Å²) in [6.45, 7) is 1.88. The predicted octanol–water partition coefficient (Wildman–Crippen LogP) is 2.85. The van der Waals surface area contributed by atoms with Crippen LogP contribution in [0.2, 0.25) is 0 Å². The van der Waals surface area contributed by atoms with Gasteiger partial charge in [-0.25, -0.2) is 4.79 Å². The summed E-state index contributed by atoms with van der Waals surface area (Å²) in [5.41, 5.74) is 1.41. The Morgan fingerprint density at radius 1 is 1.09 bits per heavy atom. The van der Waals surface area contributed by atoms with Gasteiger partial charge in [0.2, 0.25) is 5.91 Å². The zero-order valence-corrected chi connectivity index (χ0v) is 17.0. The molecule has 0 radical (unpaired) electrons. The molecule has 0 aliphatic carbocycles. The molecule has 2 amide bonds. The van der Waals surface area contributed by atoms with Gasteiger partial charge in [-0.3, -0.25) is 14.6 Å². The van der Waals surface area contributed by atoms with Crippen LogP contribution >= 0.6 is 0 Å². The molecule has 1 atom stereocenters. The molecule has 1 aromatic heterocycles. The van der Waals surface area contributed by atoms with Crippen molar-refractivity contribution in [2.45, 2.75) is 24.9 Å². The number of pyridine rings is 1. The van der Waals surface area contributed by atoms with Crippen LogP contribution in [0.25, 0.3) is 0 Å². The van der Waals surface area contributed by atoms with Crippen LogP contribution in [0.3, 0.4) is 0 Å². The third-order valence-electron chi connectivity index (χ3n) is 5.88. The Hall–Kier alpha value is -3.43. The number of carbonyl (C=O) groups is 3. The molecule has 7 nitrogen and oxygen atoms in total. The van der Waals surface area contributed by atoms with Gasteiger partial charge in [0, 0.05) is 37.9 Å². The lowest BCUT2D eigenvalue weighted by Crippen LogP contribution is -2.47. The highest BCUT2D eigenvalue weighted by molar-refractivity contribution is 5.94. The summed E-state index contributed by atoms with van der Waals surface area (Å²) in [5.74, 6) is -2.45. The van der Waals surface area contributed by atoms with Crippen molar-refractivity contribution >= 4 is 17.8 Å². The van der Waals surface area contributed by atoms with Crippen LogP contribution in [-0.2, 0) is 9.59 Å². The second kappa shape index (κ2) is 9.37. The van der Waals surface area contributed by atoms with Crippen LogP contribution in [0.1, 0.15) is 34.7 Å². The molecule has 2 aliphatic rings. The van der Waals surface area contributed by atoms with E-state index in [2.05, 4.69) is 22.4 Å². The van der Waals surface area contributed by atoms with E-state index in [0.717, 1.165) is 0 Å². The Morgan fingerprint density at radius 2 is 1.72 bits per heavy atom. The highest BCUT2D eigenvalue weighted by Crippen LogP contribution is 2.47. The number of aliphatic carboxylic acids is 1. The molecule has 170 valence electrons. The van der Waals surface area contributed by atoms with E-state index < -0.39 is 17.6 Å². The highest BCUT2D eigenvalue weighted by Gasteiger charge is 2.52. The molecule has 4 rings (SSSR count). The minimum atomic E-state index is -5.08. The minimum Gasteiger partial charge on any atom is -0.475 e. The maximum absolute atomic E-state index is 12.7. The number of rotatable bonds is 2. The fourth-order valence-corrected chi connectivity index (χ4v) is 4.20. The van der Waals surface area contributed by atoms with E-state index in [9.17, 15) is 22.8 Å². The number of nitrogens with zero attached hydrogens (tertiary/aromatic N) is 2. The summed E-state index contributed by atoms with van der Waals surface area (Å²) >= 11 is 0. The van der Waals surface area contributed by atoms with Gasteiger partial charge in [0.15, 0.2) is 0 Å². The molecular formula is C22H22F3N3O4. The van der Waals surface area contributed by atoms with Gasteiger partial charge in [0.25, 0.3) is 5.91 Å². The molecule has 2 aliphatic heterocycles. The molecule has 10 heteroatoms. The summed E-state index contributed by atoms with van der Waals surface area (Å²) in [5, 5.41) is 10.2. The number of carboxylic acid groups (broad SMARTS) is 1. The maximum atomic E-state index is 12.7. The number of hydrogen-bond acceptors (Lipinski definition) is 4. The third-order valence-corrected chi connectivity index (χ3v) is 5.88. The molecule has 0 bridgehead atoms. The van der Waals surface area contributed by atoms with Crippen LogP contribution in [0.4, 0.5) is 13.2 Å². The number of nitrogens with one attached hydrogen (secondary N) is 1. The van der Waals surface area contributed by atoms with Gasteiger partial charge in [0.1, 0.15) is 0 Å². The lowest BCUT2D eigenvalue weighted by molar-refractivity contribution is -0.192. The number of alkyl halides is 3. The number of hydrogen-bond donors (Lipinski definition) is 2. The number of benzene rings is 1. The Bertz CT molecular complexity index is 959. The average Bonchev–Trinajstić information content (AvgIpc) is 3.10. The van der Waals surface area contributed by atoms with Crippen molar-refractivity contribution in [1.82, 2.24) is 15.2 Å². The Labute approximate surface area is 182 Å². The summed E-state index contributed by atoms with van der Waals surface area (Å²) in [4.78, 5) is 40.0. The molecule has 1 spiro atoms. The molecular weight excluding hydrogens is 427 g/mol. The second-order valence-corrected chi connectivity index (χ2v) is 7.67. The largest absolute Gasteiger partial charge is 0.490 e. The van der Waals surface area contributed by atoms with Gasteiger partial charge >= 0.3 is 12.1 Å². The van der Waals surface area contributed by atoms with E-state index in [1.54, 1.807) is 24.5 Å². The van der Waals surface area contributed by atoms with Crippen LogP contribution < -0.4 is 5.32 Å². The number of piperidine rings is 1. The summed E-state index contributed by atoms with van der Waals surface area (Å²) in [6, 6.07) is 13.8.